The molecule has 24 heavy (non-hydrogen) atoms. The van der Waals surface area contributed by atoms with E-state index in [-0.39, 0.29) is 41.3 Å². The van der Waals surface area contributed by atoms with Crippen molar-refractivity contribution in [3.63, 3.8) is 0 Å². The van der Waals surface area contributed by atoms with Gasteiger partial charge in [-0.25, -0.2) is 9.67 Å². The molecule has 0 spiro atoms. The molecule has 0 saturated carbocycles. The molecule has 0 radical (unpaired) electrons. The van der Waals surface area contributed by atoms with Crippen molar-refractivity contribution >= 4 is 35.8 Å². The van der Waals surface area contributed by atoms with Crippen LogP contribution in [0.15, 0.2) is 11.3 Å². The van der Waals surface area contributed by atoms with Gasteiger partial charge in [0.1, 0.15) is 12.2 Å². The number of guanidine groups is 1. The molecule has 0 fully saturated rings. The first-order chi connectivity index (χ1) is 10.9. The molecule has 2 rings (SSSR count). The summed E-state index contributed by atoms with van der Waals surface area (Å²) in [5.41, 5.74) is -0.364. The number of fused-ring (bicyclic) bond motifs is 1. The van der Waals surface area contributed by atoms with Crippen LogP contribution >= 0.6 is 24.0 Å². The molecule has 1 unspecified atom stereocenters. The van der Waals surface area contributed by atoms with Crippen molar-refractivity contribution in [3.05, 3.63) is 12.2 Å². The maximum Gasteiger partial charge on any atom is 0.225 e. The molecule has 0 aromatic carbocycles. The Bertz CT molecular complexity index is 564. The Kier molecular flexibility index (Phi) is 7.91. The van der Waals surface area contributed by atoms with E-state index in [2.05, 4.69) is 31.0 Å². The molecule has 1 aliphatic rings. The Morgan fingerprint density at radius 1 is 1.38 bits per heavy atom. The van der Waals surface area contributed by atoms with Gasteiger partial charge in [0.2, 0.25) is 5.91 Å². The highest BCUT2D eigenvalue weighted by molar-refractivity contribution is 14.0. The third kappa shape index (κ3) is 5.91. The monoisotopic (exact) mass is 449 g/mol. The fraction of sp³-hybridized carbons (Fsp3) is 0.733. The number of aliphatic imine (C=N–C) groups is 1. The van der Waals surface area contributed by atoms with Crippen LogP contribution in [0.4, 0.5) is 0 Å². The molecule has 1 amide bonds. The van der Waals surface area contributed by atoms with Gasteiger partial charge in [-0.15, -0.1) is 24.0 Å². The minimum atomic E-state index is -0.364. The first-order valence-corrected chi connectivity index (χ1v) is 8.02. The summed E-state index contributed by atoms with van der Waals surface area (Å²) in [6.07, 6.45) is 3.51. The maximum absolute atomic E-state index is 11.8. The first-order valence-electron chi connectivity index (χ1n) is 8.02. The molecule has 0 aliphatic carbocycles. The van der Waals surface area contributed by atoms with Gasteiger partial charge in [-0.1, -0.05) is 20.8 Å². The number of halogens is 1. The van der Waals surface area contributed by atoms with Gasteiger partial charge >= 0.3 is 0 Å². The van der Waals surface area contributed by atoms with Crippen molar-refractivity contribution in [1.29, 1.82) is 0 Å². The maximum atomic E-state index is 11.8. The SMILES string of the molecule is CN=C(NCCNC(=O)C(C)(C)C)NC1CCc2ncnn2C1.I. The van der Waals surface area contributed by atoms with Crippen LogP contribution in [-0.4, -0.2) is 52.8 Å². The van der Waals surface area contributed by atoms with Crippen LogP contribution in [0.3, 0.4) is 0 Å². The Morgan fingerprint density at radius 2 is 2.08 bits per heavy atom. The number of nitrogens with one attached hydrogen (secondary N) is 3. The average Bonchev–Trinajstić information content (AvgIpc) is 2.96. The number of carbonyl (C=O) groups is 1. The minimum Gasteiger partial charge on any atom is -0.355 e. The first kappa shape index (κ1) is 20.7. The van der Waals surface area contributed by atoms with Gasteiger partial charge in [0.25, 0.3) is 0 Å². The molecule has 3 N–H and O–H groups in total. The molecular formula is C15H28IN7O. The Morgan fingerprint density at radius 3 is 2.75 bits per heavy atom. The summed E-state index contributed by atoms with van der Waals surface area (Å²) in [5.74, 6) is 1.83. The third-order valence-electron chi connectivity index (χ3n) is 3.75. The molecule has 2 heterocycles. The van der Waals surface area contributed by atoms with Crippen LogP contribution in [0.1, 0.15) is 33.0 Å². The van der Waals surface area contributed by atoms with Gasteiger partial charge in [0, 0.05) is 38.0 Å². The smallest absolute Gasteiger partial charge is 0.225 e. The van der Waals surface area contributed by atoms with Crippen molar-refractivity contribution in [1.82, 2.24) is 30.7 Å². The second-order valence-corrected chi connectivity index (χ2v) is 6.74. The quantitative estimate of drug-likeness (QED) is 0.270. The highest BCUT2D eigenvalue weighted by Crippen LogP contribution is 2.12. The van der Waals surface area contributed by atoms with Crippen molar-refractivity contribution in [2.75, 3.05) is 20.1 Å². The second kappa shape index (κ2) is 9.19. The minimum absolute atomic E-state index is 0. The predicted molar refractivity (Wildman–Crippen MR) is 105 cm³/mol. The standard InChI is InChI=1S/C15H27N7O.HI/c1-15(2,3)13(23)17-7-8-18-14(16-4)21-11-5-6-12-19-10-20-22(12)9-11;/h10-11H,5-9H2,1-4H3,(H,17,23)(H2,16,18,21);1H. The van der Waals surface area contributed by atoms with Crippen molar-refractivity contribution in [2.24, 2.45) is 10.4 Å². The summed E-state index contributed by atoms with van der Waals surface area (Å²) < 4.78 is 1.93. The van der Waals surface area contributed by atoms with Crippen molar-refractivity contribution in [3.8, 4) is 0 Å². The highest BCUT2D eigenvalue weighted by Gasteiger charge is 2.21. The lowest BCUT2D eigenvalue weighted by Crippen LogP contribution is -2.49. The molecule has 1 aliphatic heterocycles. The molecule has 0 saturated heterocycles. The number of nitrogens with zero attached hydrogens (tertiary/aromatic N) is 4. The summed E-state index contributed by atoms with van der Waals surface area (Å²) in [5, 5.41) is 13.7. The fourth-order valence-corrected chi connectivity index (χ4v) is 2.37. The van der Waals surface area contributed by atoms with Gasteiger partial charge in [-0.05, 0) is 6.42 Å². The lowest BCUT2D eigenvalue weighted by Gasteiger charge is -2.25. The number of aryl methyl sites for hydroxylation is 1. The molecule has 8 nitrogen and oxygen atoms in total. The van der Waals surface area contributed by atoms with Crippen molar-refractivity contribution < 1.29 is 4.79 Å². The normalized spacial score (nSPS) is 17.5. The largest absolute Gasteiger partial charge is 0.355 e. The number of hydrogen-bond acceptors (Lipinski definition) is 4. The third-order valence-corrected chi connectivity index (χ3v) is 3.75. The molecule has 136 valence electrons. The number of carbonyl (C=O) groups excluding carboxylic acids is 1. The molecular weight excluding hydrogens is 421 g/mol. The Labute approximate surface area is 160 Å². The van der Waals surface area contributed by atoms with Crippen LogP contribution in [0.25, 0.3) is 0 Å². The zero-order chi connectivity index (χ0) is 16.9. The van der Waals surface area contributed by atoms with Gasteiger partial charge in [-0.3, -0.25) is 9.79 Å². The van der Waals surface area contributed by atoms with Gasteiger partial charge < -0.3 is 16.0 Å². The fourth-order valence-electron chi connectivity index (χ4n) is 2.37. The summed E-state index contributed by atoms with van der Waals surface area (Å²) in [6.45, 7) is 7.68. The number of aromatic nitrogens is 3. The Balaban J connectivity index is 0.00000288. The molecule has 0 bridgehead atoms. The van der Waals surface area contributed by atoms with Crippen molar-refractivity contribution in [2.45, 2.75) is 46.2 Å². The zero-order valence-electron chi connectivity index (χ0n) is 14.8. The van der Waals surface area contributed by atoms with Gasteiger partial charge in [0.15, 0.2) is 5.96 Å². The number of rotatable bonds is 4. The van der Waals surface area contributed by atoms with Crippen LogP contribution < -0.4 is 16.0 Å². The van der Waals surface area contributed by atoms with E-state index in [9.17, 15) is 4.79 Å². The topological polar surface area (TPSA) is 96.2 Å². The summed E-state index contributed by atoms with van der Waals surface area (Å²) >= 11 is 0. The number of amides is 1. The molecule has 9 heteroatoms. The Hall–Kier alpha value is -1.39. The van der Waals surface area contributed by atoms with E-state index in [1.807, 2.05) is 25.5 Å². The average molecular weight is 449 g/mol. The van der Waals surface area contributed by atoms with Crippen LogP contribution in [0.5, 0.6) is 0 Å². The van der Waals surface area contributed by atoms with E-state index in [1.54, 1.807) is 13.4 Å². The van der Waals surface area contributed by atoms with E-state index >= 15 is 0 Å². The summed E-state index contributed by atoms with van der Waals surface area (Å²) in [7, 11) is 1.74. The van der Waals surface area contributed by atoms with Gasteiger partial charge in [0.05, 0.1) is 6.54 Å². The lowest BCUT2D eigenvalue weighted by atomic mass is 9.96. The predicted octanol–water partition coefficient (Wildman–Crippen LogP) is 0.538. The summed E-state index contributed by atoms with van der Waals surface area (Å²) in [6, 6.07) is 0.277. The molecule has 1 atom stereocenters. The zero-order valence-corrected chi connectivity index (χ0v) is 17.1. The molecule has 1 aromatic heterocycles. The highest BCUT2D eigenvalue weighted by atomic mass is 127. The van der Waals surface area contributed by atoms with E-state index in [4.69, 9.17) is 0 Å². The summed E-state index contributed by atoms with van der Waals surface area (Å²) in [4.78, 5) is 20.2. The second-order valence-electron chi connectivity index (χ2n) is 6.74. The van der Waals surface area contributed by atoms with Crippen LogP contribution in [0.2, 0.25) is 0 Å². The van der Waals surface area contributed by atoms with E-state index in [0.717, 1.165) is 31.2 Å². The molecule has 1 aromatic rings. The van der Waals surface area contributed by atoms with E-state index < -0.39 is 0 Å². The number of hydrogen-bond donors (Lipinski definition) is 3. The van der Waals surface area contributed by atoms with Crippen LogP contribution in [-0.2, 0) is 17.8 Å². The lowest BCUT2D eigenvalue weighted by molar-refractivity contribution is -0.128. The van der Waals surface area contributed by atoms with E-state index in [1.165, 1.54) is 0 Å². The van der Waals surface area contributed by atoms with Crippen LogP contribution in [0, 0.1) is 5.41 Å². The van der Waals surface area contributed by atoms with E-state index in [0.29, 0.717) is 13.1 Å². The van der Waals surface area contributed by atoms with Gasteiger partial charge in [-0.2, -0.15) is 5.10 Å².